The van der Waals surface area contributed by atoms with Crippen molar-refractivity contribution in [3.63, 3.8) is 0 Å². The molecule has 0 aromatic heterocycles. The van der Waals surface area contributed by atoms with Crippen LogP contribution >= 0.6 is 0 Å². The number of methoxy groups -OCH3 is 1. The summed E-state index contributed by atoms with van der Waals surface area (Å²) < 4.78 is 4.58. The van der Waals surface area contributed by atoms with Crippen LogP contribution in [0.25, 0.3) is 0 Å². The van der Waals surface area contributed by atoms with E-state index >= 15 is 0 Å². The minimum absolute atomic E-state index is 0.160. The van der Waals surface area contributed by atoms with Crippen molar-refractivity contribution in [2.45, 2.75) is 40.2 Å². The van der Waals surface area contributed by atoms with Crippen LogP contribution in [-0.2, 0) is 9.53 Å². The van der Waals surface area contributed by atoms with Crippen LogP contribution in [0, 0.1) is 11.3 Å². The molecule has 0 fully saturated rings. The predicted molar refractivity (Wildman–Crippen MR) is 53.2 cm³/mol. The number of rotatable bonds is 3. The van der Waals surface area contributed by atoms with E-state index in [-0.39, 0.29) is 17.3 Å². The van der Waals surface area contributed by atoms with Crippen LogP contribution in [0.4, 0.5) is 0 Å². The number of hydrogen-bond donors (Lipinski definition) is 1. The Morgan fingerprint density at radius 2 is 1.92 bits per heavy atom. The highest BCUT2D eigenvalue weighted by molar-refractivity contribution is 5.75. The van der Waals surface area contributed by atoms with Crippen molar-refractivity contribution in [1.82, 2.24) is 0 Å². The summed E-state index contributed by atoms with van der Waals surface area (Å²) in [6.45, 7) is 8.38. The van der Waals surface area contributed by atoms with E-state index in [0.717, 1.165) is 6.42 Å². The summed E-state index contributed by atoms with van der Waals surface area (Å²) >= 11 is 0. The van der Waals surface area contributed by atoms with Gasteiger partial charge in [-0.3, -0.25) is 4.79 Å². The topological polar surface area (TPSA) is 52.3 Å². The third-order valence-electron chi connectivity index (χ3n) is 2.02. The molecule has 2 N–H and O–H groups in total. The van der Waals surface area contributed by atoms with Gasteiger partial charge in [-0.1, -0.05) is 27.7 Å². The minimum Gasteiger partial charge on any atom is -0.468 e. The first-order valence-corrected chi connectivity index (χ1v) is 4.61. The average Bonchev–Trinajstić information content (AvgIpc) is 1.98. The molecule has 0 rings (SSSR count). The van der Waals surface area contributed by atoms with Gasteiger partial charge >= 0.3 is 5.97 Å². The first kappa shape index (κ1) is 12.4. The molecule has 0 aliphatic heterocycles. The van der Waals surface area contributed by atoms with Crippen LogP contribution in [-0.4, -0.2) is 19.1 Å². The molecule has 0 spiro atoms. The normalized spacial score (nSPS) is 16.5. The molecule has 0 aliphatic carbocycles. The zero-order valence-corrected chi connectivity index (χ0v) is 9.26. The van der Waals surface area contributed by atoms with Crippen molar-refractivity contribution in [2.24, 2.45) is 17.1 Å². The van der Waals surface area contributed by atoms with Gasteiger partial charge in [0, 0.05) is 0 Å². The van der Waals surface area contributed by atoms with Crippen LogP contribution < -0.4 is 5.73 Å². The van der Waals surface area contributed by atoms with Gasteiger partial charge in [-0.05, 0) is 17.8 Å². The molecule has 13 heavy (non-hydrogen) atoms. The van der Waals surface area contributed by atoms with Crippen LogP contribution in [0.2, 0.25) is 0 Å². The molecular weight excluding hydrogens is 166 g/mol. The fourth-order valence-electron chi connectivity index (χ4n) is 1.46. The lowest BCUT2D eigenvalue weighted by atomic mass is 9.82. The second kappa shape index (κ2) is 4.61. The Bertz CT molecular complexity index is 172. The van der Waals surface area contributed by atoms with Crippen LogP contribution in [0.5, 0.6) is 0 Å². The molecule has 0 amide bonds. The summed E-state index contributed by atoms with van der Waals surface area (Å²) in [6, 6.07) is -0.496. The SMILES string of the molecule is COC(=O)C(N)C(C)CC(C)(C)C. The summed E-state index contributed by atoms with van der Waals surface area (Å²) in [5.41, 5.74) is 5.90. The number of esters is 1. The van der Waals surface area contributed by atoms with E-state index in [1.165, 1.54) is 7.11 Å². The Balaban J connectivity index is 4.11. The smallest absolute Gasteiger partial charge is 0.322 e. The van der Waals surface area contributed by atoms with Crippen molar-refractivity contribution in [1.29, 1.82) is 0 Å². The van der Waals surface area contributed by atoms with Crippen molar-refractivity contribution in [3.8, 4) is 0 Å². The number of ether oxygens (including phenoxy) is 1. The van der Waals surface area contributed by atoms with Gasteiger partial charge in [0.1, 0.15) is 6.04 Å². The highest BCUT2D eigenvalue weighted by Crippen LogP contribution is 2.25. The maximum Gasteiger partial charge on any atom is 0.322 e. The second-order valence-electron chi connectivity index (χ2n) is 4.79. The quantitative estimate of drug-likeness (QED) is 0.682. The molecular formula is C10H21NO2. The monoisotopic (exact) mass is 187 g/mol. The highest BCUT2D eigenvalue weighted by atomic mass is 16.5. The van der Waals surface area contributed by atoms with Crippen molar-refractivity contribution >= 4 is 5.97 Å². The van der Waals surface area contributed by atoms with E-state index in [0.29, 0.717) is 0 Å². The number of nitrogens with two attached hydrogens (primary N) is 1. The standard InChI is InChI=1S/C10H21NO2/c1-7(6-10(2,3)4)8(11)9(12)13-5/h7-8H,6,11H2,1-5H3. The zero-order chi connectivity index (χ0) is 10.6. The van der Waals surface area contributed by atoms with Gasteiger partial charge in [-0.25, -0.2) is 0 Å². The van der Waals surface area contributed by atoms with E-state index in [9.17, 15) is 4.79 Å². The molecule has 3 heteroatoms. The first-order chi connectivity index (χ1) is 5.78. The lowest BCUT2D eigenvalue weighted by Crippen LogP contribution is -2.39. The zero-order valence-electron chi connectivity index (χ0n) is 9.26. The van der Waals surface area contributed by atoms with Gasteiger partial charge in [0.05, 0.1) is 7.11 Å². The number of carbonyl (C=O) groups is 1. The molecule has 2 unspecified atom stereocenters. The maximum atomic E-state index is 11.1. The number of hydrogen-bond acceptors (Lipinski definition) is 3. The molecule has 0 aromatic rings. The van der Waals surface area contributed by atoms with E-state index in [1.54, 1.807) is 0 Å². The molecule has 0 saturated heterocycles. The van der Waals surface area contributed by atoms with E-state index in [2.05, 4.69) is 25.5 Å². The summed E-state index contributed by atoms with van der Waals surface area (Å²) in [4.78, 5) is 11.1. The summed E-state index contributed by atoms with van der Waals surface area (Å²) in [5.74, 6) is -0.163. The van der Waals surface area contributed by atoms with Crippen LogP contribution in [0.3, 0.4) is 0 Å². The fourth-order valence-corrected chi connectivity index (χ4v) is 1.46. The van der Waals surface area contributed by atoms with E-state index in [4.69, 9.17) is 5.73 Å². The third kappa shape index (κ3) is 4.88. The van der Waals surface area contributed by atoms with Crippen LogP contribution in [0.15, 0.2) is 0 Å². The Labute approximate surface area is 80.6 Å². The fraction of sp³-hybridized carbons (Fsp3) is 0.900. The van der Waals surface area contributed by atoms with E-state index in [1.807, 2.05) is 6.92 Å². The molecule has 0 saturated carbocycles. The summed E-state index contributed by atoms with van der Waals surface area (Å²) in [6.07, 6.45) is 0.920. The number of carbonyl (C=O) groups excluding carboxylic acids is 1. The van der Waals surface area contributed by atoms with Crippen LogP contribution in [0.1, 0.15) is 34.1 Å². The van der Waals surface area contributed by atoms with Gasteiger partial charge in [0.15, 0.2) is 0 Å². The summed E-state index contributed by atoms with van der Waals surface area (Å²) in [5, 5.41) is 0. The molecule has 0 radical (unpaired) electrons. The Morgan fingerprint density at radius 1 is 1.46 bits per heavy atom. The average molecular weight is 187 g/mol. The molecule has 0 aliphatic rings. The van der Waals surface area contributed by atoms with Crippen molar-refractivity contribution in [2.75, 3.05) is 7.11 Å². The Morgan fingerprint density at radius 3 is 2.23 bits per heavy atom. The largest absolute Gasteiger partial charge is 0.468 e. The lowest BCUT2D eigenvalue weighted by molar-refractivity contribution is -0.143. The maximum absolute atomic E-state index is 11.1. The molecule has 3 nitrogen and oxygen atoms in total. The molecule has 78 valence electrons. The molecule has 0 aromatic carbocycles. The highest BCUT2D eigenvalue weighted by Gasteiger charge is 2.25. The summed E-state index contributed by atoms with van der Waals surface area (Å²) in [7, 11) is 1.37. The molecule has 0 heterocycles. The Hall–Kier alpha value is -0.570. The lowest BCUT2D eigenvalue weighted by Gasteiger charge is -2.25. The van der Waals surface area contributed by atoms with Crippen molar-refractivity contribution in [3.05, 3.63) is 0 Å². The third-order valence-corrected chi connectivity index (χ3v) is 2.02. The predicted octanol–water partition coefficient (Wildman–Crippen LogP) is 1.56. The Kier molecular flexibility index (Phi) is 4.40. The van der Waals surface area contributed by atoms with Gasteiger partial charge in [-0.2, -0.15) is 0 Å². The molecule has 0 bridgehead atoms. The van der Waals surface area contributed by atoms with Gasteiger partial charge in [0.2, 0.25) is 0 Å². The van der Waals surface area contributed by atoms with E-state index < -0.39 is 6.04 Å². The first-order valence-electron chi connectivity index (χ1n) is 4.61. The van der Waals surface area contributed by atoms with Gasteiger partial charge in [-0.15, -0.1) is 0 Å². The second-order valence-corrected chi connectivity index (χ2v) is 4.79. The van der Waals surface area contributed by atoms with Gasteiger partial charge in [0.25, 0.3) is 0 Å². The van der Waals surface area contributed by atoms with Gasteiger partial charge < -0.3 is 10.5 Å². The van der Waals surface area contributed by atoms with Crippen molar-refractivity contribution < 1.29 is 9.53 Å². The molecule has 2 atom stereocenters. The minimum atomic E-state index is -0.496.